The van der Waals surface area contributed by atoms with Gasteiger partial charge in [0.1, 0.15) is 10.8 Å². The van der Waals surface area contributed by atoms with Crippen LogP contribution in [0.25, 0.3) is 0 Å². The molecule has 1 fully saturated rings. The molecule has 0 atom stereocenters. The van der Waals surface area contributed by atoms with Gasteiger partial charge in [0.15, 0.2) is 0 Å². The molecule has 1 aromatic heterocycles. The smallest absolute Gasteiger partial charge is 0.321 e. The third-order valence-electron chi connectivity index (χ3n) is 5.25. The number of para-hydroxylation sites is 1. The van der Waals surface area contributed by atoms with Gasteiger partial charge >= 0.3 is 6.03 Å². The van der Waals surface area contributed by atoms with Gasteiger partial charge in [0, 0.05) is 19.0 Å². The minimum atomic E-state index is -0.511. The number of anilines is 2. The van der Waals surface area contributed by atoms with E-state index >= 15 is 0 Å². The third-order valence-corrected chi connectivity index (χ3v) is 6.65. The Morgan fingerprint density at radius 3 is 2.56 bits per heavy atom. The van der Waals surface area contributed by atoms with Crippen LogP contribution in [0.15, 0.2) is 42.5 Å². The van der Waals surface area contributed by atoms with Gasteiger partial charge in [-0.05, 0) is 49.6 Å². The fourth-order valence-electron chi connectivity index (χ4n) is 3.47. The molecule has 1 aliphatic rings. The molecule has 32 heavy (non-hydrogen) atoms. The Hall–Kier alpha value is -3.04. The average molecular weight is 474 g/mol. The first kappa shape index (κ1) is 22.2. The first-order valence-electron chi connectivity index (χ1n) is 10.1. The second-order valence-electron chi connectivity index (χ2n) is 7.55. The van der Waals surface area contributed by atoms with E-state index in [-0.39, 0.29) is 22.6 Å². The monoisotopic (exact) mass is 473 g/mol. The number of rotatable bonds is 4. The first-order chi connectivity index (χ1) is 15.4. The third kappa shape index (κ3) is 5.05. The van der Waals surface area contributed by atoms with E-state index in [0.29, 0.717) is 36.6 Å². The number of aromatic nitrogens is 2. The molecule has 7 nitrogen and oxygen atoms in total. The maximum absolute atomic E-state index is 13.7. The molecule has 0 aliphatic carbocycles. The van der Waals surface area contributed by atoms with Crippen molar-refractivity contribution in [2.75, 3.05) is 23.7 Å². The zero-order chi connectivity index (χ0) is 22.7. The number of carbonyl (C=O) groups is 2. The van der Waals surface area contributed by atoms with Crippen molar-refractivity contribution >= 4 is 46.3 Å². The summed E-state index contributed by atoms with van der Waals surface area (Å²) < 4.78 is 13.7. The van der Waals surface area contributed by atoms with Crippen molar-refractivity contribution in [2.45, 2.75) is 25.7 Å². The molecule has 1 saturated heterocycles. The summed E-state index contributed by atoms with van der Waals surface area (Å²) in [7, 11) is 0. The Kier molecular flexibility index (Phi) is 6.66. The molecular formula is C22H21ClFN5O2S. The Bertz CT molecular complexity index is 1150. The summed E-state index contributed by atoms with van der Waals surface area (Å²) in [5.74, 6) is -0.900. The Morgan fingerprint density at radius 1 is 1.09 bits per heavy atom. The van der Waals surface area contributed by atoms with Gasteiger partial charge in [0.25, 0.3) is 5.91 Å². The number of halogens is 2. The first-order valence-corrected chi connectivity index (χ1v) is 11.3. The number of hydrogen-bond acceptors (Lipinski definition) is 5. The van der Waals surface area contributed by atoms with Crippen LogP contribution in [0.5, 0.6) is 0 Å². The number of carbonyl (C=O) groups excluding carboxylic acids is 2. The quantitative estimate of drug-likeness (QED) is 0.538. The highest BCUT2D eigenvalue weighted by Crippen LogP contribution is 2.31. The van der Waals surface area contributed by atoms with Gasteiger partial charge in [-0.3, -0.25) is 4.79 Å². The molecule has 0 spiro atoms. The van der Waals surface area contributed by atoms with Crippen LogP contribution in [0.2, 0.25) is 5.02 Å². The number of nitrogens with zero attached hydrogens (tertiary/aromatic N) is 3. The summed E-state index contributed by atoms with van der Waals surface area (Å²) in [5, 5.41) is 14.9. The number of benzene rings is 2. The number of urea groups is 1. The van der Waals surface area contributed by atoms with Gasteiger partial charge in [0.2, 0.25) is 5.01 Å². The molecule has 0 unspecified atom stereocenters. The fraction of sp³-hybridized carbons (Fsp3) is 0.273. The zero-order valence-electron chi connectivity index (χ0n) is 17.3. The van der Waals surface area contributed by atoms with Gasteiger partial charge in [0.05, 0.1) is 16.4 Å². The predicted octanol–water partition coefficient (Wildman–Crippen LogP) is 5.30. The highest BCUT2D eigenvalue weighted by molar-refractivity contribution is 7.13. The van der Waals surface area contributed by atoms with E-state index in [1.54, 1.807) is 29.2 Å². The van der Waals surface area contributed by atoms with E-state index in [2.05, 4.69) is 20.8 Å². The normalized spacial score (nSPS) is 14.3. The highest BCUT2D eigenvalue weighted by Gasteiger charge is 2.27. The van der Waals surface area contributed by atoms with Crippen LogP contribution in [0.4, 0.5) is 20.6 Å². The number of hydrogen-bond donors (Lipinski definition) is 2. The highest BCUT2D eigenvalue weighted by atomic mass is 35.5. The van der Waals surface area contributed by atoms with Crippen molar-refractivity contribution in [3.63, 3.8) is 0 Å². The van der Waals surface area contributed by atoms with Crippen LogP contribution in [0.1, 0.15) is 39.1 Å². The Labute approximate surface area is 193 Å². The topological polar surface area (TPSA) is 87.2 Å². The molecule has 3 amide bonds. The summed E-state index contributed by atoms with van der Waals surface area (Å²) in [6.45, 7) is 3.04. The average Bonchev–Trinajstić information content (AvgIpc) is 3.28. The van der Waals surface area contributed by atoms with Gasteiger partial charge in [-0.25, -0.2) is 9.18 Å². The van der Waals surface area contributed by atoms with Gasteiger partial charge in [-0.1, -0.05) is 41.1 Å². The molecule has 0 radical (unpaired) electrons. The van der Waals surface area contributed by atoms with Crippen LogP contribution in [0.3, 0.4) is 0 Å². The van der Waals surface area contributed by atoms with E-state index in [1.165, 1.54) is 23.5 Å². The number of nitrogens with one attached hydrogen (secondary N) is 2. The molecule has 1 aliphatic heterocycles. The van der Waals surface area contributed by atoms with Gasteiger partial charge in [-0.2, -0.15) is 0 Å². The van der Waals surface area contributed by atoms with Gasteiger partial charge < -0.3 is 15.5 Å². The molecule has 3 aromatic rings. The summed E-state index contributed by atoms with van der Waals surface area (Å²) in [5.41, 5.74) is 1.70. The zero-order valence-corrected chi connectivity index (χ0v) is 18.8. The molecule has 10 heteroatoms. The van der Waals surface area contributed by atoms with Crippen molar-refractivity contribution in [3.8, 4) is 0 Å². The SMILES string of the molecule is Cc1ccc(NC(=O)N2CCC(c3nnc(C(=O)Nc4ccccc4F)s3)CC2)c(Cl)c1. The van der Waals surface area contributed by atoms with Crippen molar-refractivity contribution < 1.29 is 14.0 Å². The van der Waals surface area contributed by atoms with E-state index in [9.17, 15) is 14.0 Å². The Morgan fingerprint density at radius 2 is 1.84 bits per heavy atom. The van der Waals surface area contributed by atoms with Crippen LogP contribution >= 0.6 is 22.9 Å². The largest absolute Gasteiger partial charge is 0.324 e. The second kappa shape index (κ2) is 9.62. The van der Waals surface area contributed by atoms with Crippen LogP contribution in [-0.2, 0) is 0 Å². The van der Waals surface area contributed by atoms with E-state index in [0.717, 1.165) is 10.6 Å². The summed E-state index contributed by atoms with van der Waals surface area (Å²) >= 11 is 7.40. The summed E-state index contributed by atoms with van der Waals surface area (Å²) in [6, 6.07) is 11.2. The molecule has 0 bridgehead atoms. The number of likely N-dealkylation sites (tertiary alicyclic amines) is 1. The fourth-order valence-corrected chi connectivity index (χ4v) is 4.66. The molecule has 2 heterocycles. The van der Waals surface area contributed by atoms with E-state index in [1.807, 2.05) is 13.0 Å². The summed E-state index contributed by atoms with van der Waals surface area (Å²) in [6.07, 6.45) is 1.41. The standard InChI is InChI=1S/C22H21ClFN5O2S/c1-13-6-7-17(15(23)12-13)26-22(31)29-10-8-14(9-11-29)20-27-28-21(32-20)19(30)25-18-5-3-2-4-16(18)24/h2-7,12,14H,8-11H2,1H3,(H,25,30)(H,26,31). The number of amides is 3. The lowest BCUT2D eigenvalue weighted by Gasteiger charge is -2.31. The molecule has 4 rings (SSSR count). The van der Waals surface area contributed by atoms with Crippen molar-refractivity contribution in [1.82, 2.24) is 15.1 Å². The number of piperidine rings is 1. The lowest BCUT2D eigenvalue weighted by molar-refractivity contribution is 0.102. The second-order valence-corrected chi connectivity index (χ2v) is 8.97. The number of aryl methyl sites for hydroxylation is 1. The minimum Gasteiger partial charge on any atom is -0.324 e. The van der Waals surface area contributed by atoms with Gasteiger partial charge in [-0.15, -0.1) is 10.2 Å². The molecule has 2 N–H and O–H groups in total. The predicted molar refractivity (Wildman–Crippen MR) is 123 cm³/mol. The maximum atomic E-state index is 13.7. The van der Waals surface area contributed by atoms with Crippen LogP contribution in [0, 0.1) is 12.7 Å². The lowest BCUT2D eigenvalue weighted by atomic mass is 9.98. The van der Waals surface area contributed by atoms with Crippen molar-refractivity contribution in [2.24, 2.45) is 0 Å². The molecular weight excluding hydrogens is 453 g/mol. The maximum Gasteiger partial charge on any atom is 0.321 e. The lowest BCUT2D eigenvalue weighted by Crippen LogP contribution is -2.40. The van der Waals surface area contributed by atoms with Crippen molar-refractivity contribution in [1.29, 1.82) is 0 Å². The van der Waals surface area contributed by atoms with Crippen LogP contribution < -0.4 is 10.6 Å². The van der Waals surface area contributed by atoms with Crippen LogP contribution in [-0.4, -0.2) is 40.1 Å². The van der Waals surface area contributed by atoms with Crippen molar-refractivity contribution in [3.05, 3.63) is 68.9 Å². The van der Waals surface area contributed by atoms with E-state index < -0.39 is 11.7 Å². The minimum absolute atomic E-state index is 0.0993. The molecule has 2 aromatic carbocycles. The van der Waals surface area contributed by atoms with E-state index in [4.69, 9.17) is 11.6 Å². The Balaban J connectivity index is 1.32. The summed E-state index contributed by atoms with van der Waals surface area (Å²) in [4.78, 5) is 26.7. The molecule has 0 saturated carbocycles. The molecule has 166 valence electrons.